The molecule has 1 saturated heterocycles. The van der Waals surface area contributed by atoms with Gasteiger partial charge in [0.1, 0.15) is 0 Å². The van der Waals surface area contributed by atoms with Crippen LogP contribution < -0.4 is 4.72 Å². The summed E-state index contributed by atoms with van der Waals surface area (Å²) in [6.07, 6.45) is 2.27. The third-order valence-corrected chi connectivity index (χ3v) is 5.04. The van der Waals surface area contributed by atoms with Crippen molar-refractivity contribution in [3.05, 3.63) is 42.0 Å². The second-order valence-electron chi connectivity index (χ2n) is 5.31. The lowest BCUT2D eigenvalue weighted by molar-refractivity contribution is 0.0696. The first kappa shape index (κ1) is 16.7. The minimum Gasteiger partial charge on any atom is -0.478 e. The van der Waals surface area contributed by atoms with Crippen LogP contribution in [-0.2, 0) is 14.8 Å². The van der Waals surface area contributed by atoms with Crippen molar-refractivity contribution in [1.82, 2.24) is 4.72 Å². The van der Waals surface area contributed by atoms with Crippen molar-refractivity contribution < 1.29 is 23.1 Å². The van der Waals surface area contributed by atoms with Crippen LogP contribution in [0.15, 0.2) is 35.7 Å². The summed E-state index contributed by atoms with van der Waals surface area (Å²) in [7, 11) is -3.76. The van der Waals surface area contributed by atoms with Crippen LogP contribution >= 0.6 is 0 Å². The van der Waals surface area contributed by atoms with Gasteiger partial charge in [-0.1, -0.05) is 6.08 Å². The summed E-state index contributed by atoms with van der Waals surface area (Å²) in [4.78, 5) is 11.0. The highest BCUT2D eigenvalue weighted by Gasteiger charge is 2.27. The van der Waals surface area contributed by atoms with Crippen LogP contribution in [0.5, 0.6) is 0 Å². The second-order valence-corrected chi connectivity index (χ2v) is 7.08. The van der Waals surface area contributed by atoms with Crippen LogP contribution in [0.3, 0.4) is 0 Å². The number of sulfonamides is 1. The van der Waals surface area contributed by atoms with Crippen molar-refractivity contribution in [3.63, 3.8) is 0 Å². The molecule has 2 atom stereocenters. The minimum atomic E-state index is -3.76. The number of ether oxygens (including phenoxy) is 1. The third kappa shape index (κ3) is 3.73. The summed E-state index contributed by atoms with van der Waals surface area (Å²) >= 11 is 0. The maximum absolute atomic E-state index is 12.3. The quantitative estimate of drug-likeness (QED) is 0.774. The average molecular weight is 325 g/mol. The van der Waals surface area contributed by atoms with Crippen LogP contribution in [0, 0.1) is 12.8 Å². The number of nitrogens with one attached hydrogen (secondary N) is 1. The molecule has 0 amide bonds. The van der Waals surface area contributed by atoms with E-state index >= 15 is 0 Å². The van der Waals surface area contributed by atoms with E-state index in [-0.39, 0.29) is 29.0 Å². The van der Waals surface area contributed by atoms with Crippen LogP contribution in [0.2, 0.25) is 0 Å². The fourth-order valence-electron chi connectivity index (χ4n) is 2.46. The zero-order valence-corrected chi connectivity index (χ0v) is 13.1. The number of carboxylic acids is 1. The van der Waals surface area contributed by atoms with Gasteiger partial charge in [0.25, 0.3) is 0 Å². The molecule has 1 heterocycles. The number of aryl methyl sites for hydroxylation is 1. The Morgan fingerprint density at radius 2 is 2.23 bits per heavy atom. The van der Waals surface area contributed by atoms with E-state index in [9.17, 15) is 13.2 Å². The summed E-state index contributed by atoms with van der Waals surface area (Å²) in [6.45, 7) is 6.14. The largest absolute Gasteiger partial charge is 0.478 e. The van der Waals surface area contributed by atoms with E-state index in [1.54, 1.807) is 13.0 Å². The number of benzene rings is 1. The van der Waals surface area contributed by atoms with Gasteiger partial charge in [-0.05, 0) is 37.1 Å². The normalized spacial score (nSPS) is 21.7. The Balaban J connectivity index is 2.16. The Morgan fingerprint density at radius 3 is 2.86 bits per heavy atom. The van der Waals surface area contributed by atoms with Gasteiger partial charge in [0.2, 0.25) is 10.0 Å². The van der Waals surface area contributed by atoms with E-state index < -0.39 is 16.0 Å². The van der Waals surface area contributed by atoms with Crippen molar-refractivity contribution in [2.45, 2.75) is 24.3 Å². The van der Waals surface area contributed by atoms with Crippen LogP contribution in [0.1, 0.15) is 22.3 Å². The van der Waals surface area contributed by atoms with Gasteiger partial charge in [0.05, 0.1) is 16.6 Å². The van der Waals surface area contributed by atoms with E-state index in [0.29, 0.717) is 12.2 Å². The van der Waals surface area contributed by atoms with Crippen molar-refractivity contribution in [2.75, 3.05) is 13.2 Å². The molecule has 1 aliphatic rings. The number of rotatable bonds is 6. The molecule has 0 spiro atoms. The lowest BCUT2D eigenvalue weighted by atomic mass is 10.0. The molecule has 0 unspecified atom stereocenters. The van der Waals surface area contributed by atoms with Gasteiger partial charge >= 0.3 is 5.97 Å². The lowest BCUT2D eigenvalue weighted by Gasteiger charge is -2.16. The van der Waals surface area contributed by atoms with Gasteiger partial charge in [-0.25, -0.2) is 17.9 Å². The summed E-state index contributed by atoms with van der Waals surface area (Å²) < 4.78 is 32.6. The van der Waals surface area contributed by atoms with Gasteiger partial charge in [-0.3, -0.25) is 0 Å². The molecule has 0 radical (unpaired) electrons. The predicted octanol–water partition coefficient (Wildman–Crippen LogP) is 1.56. The summed E-state index contributed by atoms with van der Waals surface area (Å²) in [6, 6.07) is 4.04. The third-order valence-electron chi connectivity index (χ3n) is 3.64. The molecule has 0 aliphatic carbocycles. The molecule has 1 aromatic rings. The predicted molar refractivity (Wildman–Crippen MR) is 81.4 cm³/mol. The molecule has 0 aromatic heterocycles. The maximum Gasteiger partial charge on any atom is 0.335 e. The zero-order valence-electron chi connectivity index (χ0n) is 12.3. The van der Waals surface area contributed by atoms with Crippen molar-refractivity contribution in [1.29, 1.82) is 0 Å². The molecule has 1 fully saturated rings. The number of aromatic carboxylic acids is 1. The van der Waals surface area contributed by atoms with Gasteiger partial charge in [-0.15, -0.1) is 6.58 Å². The van der Waals surface area contributed by atoms with E-state index in [0.717, 1.165) is 12.5 Å². The SMILES string of the molecule is C=C[C@@H]1OCC[C@H]1CNS(=O)(=O)c1cc(C)cc(C(=O)O)c1. The molecule has 1 aliphatic heterocycles. The number of carboxylic acid groups (broad SMARTS) is 1. The Kier molecular flexibility index (Phi) is 5.00. The highest BCUT2D eigenvalue weighted by Crippen LogP contribution is 2.22. The van der Waals surface area contributed by atoms with Gasteiger partial charge < -0.3 is 9.84 Å². The van der Waals surface area contributed by atoms with Crippen molar-refractivity contribution in [2.24, 2.45) is 5.92 Å². The fraction of sp³-hybridized carbons (Fsp3) is 0.400. The molecule has 22 heavy (non-hydrogen) atoms. The van der Waals surface area contributed by atoms with E-state index in [2.05, 4.69) is 11.3 Å². The molecule has 6 nitrogen and oxygen atoms in total. The number of carbonyl (C=O) groups is 1. The molecule has 1 aromatic carbocycles. The molecule has 0 saturated carbocycles. The lowest BCUT2D eigenvalue weighted by Crippen LogP contribution is -2.32. The second kappa shape index (κ2) is 6.60. The van der Waals surface area contributed by atoms with Crippen molar-refractivity contribution >= 4 is 16.0 Å². The molecule has 2 N–H and O–H groups in total. The smallest absolute Gasteiger partial charge is 0.335 e. The van der Waals surface area contributed by atoms with Crippen LogP contribution in [0.25, 0.3) is 0 Å². The standard InChI is InChI=1S/C15H19NO5S/c1-3-14-11(4-5-21-14)9-16-22(19,20)13-7-10(2)6-12(8-13)15(17)18/h3,6-8,11,14,16H,1,4-5,9H2,2H3,(H,17,18)/t11-,14-/m0/s1. The molecule has 2 rings (SSSR count). The van der Waals surface area contributed by atoms with Gasteiger partial charge in [0.15, 0.2) is 0 Å². The van der Waals surface area contributed by atoms with Gasteiger partial charge in [0, 0.05) is 19.1 Å². The Labute approximate surface area is 129 Å². The molecule has 120 valence electrons. The number of hydrogen-bond acceptors (Lipinski definition) is 4. The maximum atomic E-state index is 12.3. The first-order chi connectivity index (χ1) is 10.3. The first-order valence-corrected chi connectivity index (χ1v) is 8.40. The summed E-state index contributed by atoms with van der Waals surface area (Å²) in [5.74, 6) is -1.12. The van der Waals surface area contributed by atoms with Gasteiger partial charge in [-0.2, -0.15) is 0 Å². The Hall–Kier alpha value is -1.70. The van der Waals surface area contributed by atoms with E-state index in [1.807, 2.05) is 0 Å². The van der Waals surface area contributed by atoms with Crippen molar-refractivity contribution in [3.8, 4) is 0 Å². The van der Waals surface area contributed by atoms with E-state index in [4.69, 9.17) is 9.84 Å². The van der Waals surface area contributed by atoms with Crippen LogP contribution in [-0.4, -0.2) is 38.7 Å². The van der Waals surface area contributed by atoms with E-state index in [1.165, 1.54) is 12.1 Å². The molecular formula is C15H19NO5S. The minimum absolute atomic E-state index is 0.0380. The first-order valence-electron chi connectivity index (χ1n) is 6.92. The summed E-state index contributed by atoms with van der Waals surface area (Å²) in [5, 5.41) is 9.03. The topological polar surface area (TPSA) is 92.7 Å². The van der Waals surface area contributed by atoms with Crippen LogP contribution in [0.4, 0.5) is 0 Å². The highest BCUT2D eigenvalue weighted by molar-refractivity contribution is 7.89. The Bertz CT molecular complexity index is 683. The Morgan fingerprint density at radius 1 is 1.50 bits per heavy atom. The molecule has 0 bridgehead atoms. The highest BCUT2D eigenvalue weighted by atomic mass is 32.2. The monoisotopic (exact) mass is 325 g/mol. The average Bonchev–Trinajstić information content (AvgIpc) is 2.92. The molecule has 7 heteroatoms. The fourth-order valence-corrected chi connectivity index (χ4v) is 3.68. The zero-order chi connectivity index (χ0) is 16.3. The molecular weight excluding hydrogens is 306 g/mol. The summed E-state index contributed by atoms with van der Waals surface area (Å²) in [5.41, 5.74) is 0.530. The number of hydrogen-bond donors (Lipinski definition) is 2.